The average Bonchev–Trinajstić information content (AvgIpc) is 2.59. The SMILES string of the molecule is C=C/C=C(\C(=O)N(C)C(C=C)CCC=C)N1CCC(C=C)CC1. The second-order valence-corrected chi connectivity index (χ2v) is 5.93. The fourth-order valence-electron chi connectivity index (χ4n) is 2.89. The highest BCUT2D eigenvalue weighted by atomic mass is 16.2. The van der Waals surface area contributed by atoms with Gasteiger partial charge in [0.1, 0.15) is 5.70 Å². The minimum atomic E-state index is 0.0134. The van der Waals surface area contributed by atoms with Gasteiger partial charge in [0, 0.05) is 20.1 Å². The molecular weight excluding hydrogens is 284 g/mol. The molecule has 0 radical (unpaired) electrons. The van der Waals surface area contributed by atoms with Crippen LogP contribution in [0.5, 0.6) is 0 Å². The highest BCUT2D eigenvalue weighted by molar-refractivity contribution is 5.93. The van der Waals surface area contributed by atoms with Crippen LogP contribution < -0.4 is 0 Å². The van der Waals surface area contributed by atoms with E-state index in [1.807, 2.05) is 31.4 Å². The summed E-state index contributed by atoms with van der Waals surface area (Å²) in [5.74, 6) is 0.577. The summed E-state index contributed by atoms with van der Waals surface area (Å²) >= 11 is 0. The van der Waals surface area contributed by atoms with Gasteiger partial charge < -0.3 is 9.80 Å². The van der Waals surface area contributed by atoms with Crippen LogP contribution in [0.4, 0.5) is 0 Å². The normalized spacial score (nSPS) is 17.3. The van der Waals surface area contributed by atoms with Crippen LogP contribution in [0.25, 0.3) is 0 Å². The number of hydrogen-bond donors (Lipinski definition) is 0. The van der Waals surface area contributed by atoms with Gasteiger partial charge in [0.15, 0.2) is 0 Å². The molecule has 1 heterocycles. The van der Waals surface area contributed by atoms with E-state index in [4.69, 9.17) is 0 Å². The minimum absolute atomic E-state index is 0.0134. The number of hydrogen-bond acceptors (Lipinski definition) is 2. The molecular formula is C20H30N2O. The van der Waals surface area contributed by atoms with Gasteiger partial charge in [-0.1, -0.05) is 30.9 Å². The minimum Gasteiger partial charge on any atom is -0.367 e. The van der Waals surface area contributed by atoms with Crippen LogP contribution in [0.1, 0.15) is 25.7 Å². The van der Waals surface area contributed by atoms with Crippen molar-refractivity contribution in [2.75, 3.05) is 20.1 Å². The Bertz CT molecular complexity index is 470. The molecule has 126 valence electrons. The Balaban J connectivity index is 2.83. The fraction of sp³-hybridized carbons (Fsp3) is 0.450. The fourth-order valence-corrected chi connectivity index (χ4v) is 2.89. The monoisotopic (exact) mass is 314 g/mol. The molecule has 1 unspecified atom stereocenters. The largest absolute Gasteiger partial charge is 0.367 e. The number of likely N-dealkylation sites (tertiary alicyclic amines) is 1. The van der Waals surface area contributed by atoms with E-state index in [1.165, 1.54) is 0 Å². The molecule has 0 spiro atoms. The van der Waals surface area contributed by atoms with Crippen molar-refractivity contribution in [2.45, 2.75) is 31.7 Å². The summed E-state index contributed by atoms with van der Waals surface area (Å²) in [5, 5.41) is 0. The van der Waals surface area contributed by atoms with Crippen LogP contribution in [0.2, 0.25) is 0 Å². The first kappa shape index (κ1) is 19.0. The predicted molar refractivity (Wildman–Crippen MR) is 99.0 cm³/mol. The smallest absolute Gasteiger partial charge is 0.270 e. The number of amides is 1. The molecule has 0 aromatic heterocycles. The van der Waals surface area contributed by atoms with Gasteiger partial charge in [0.05, 0.1) is 6.04 Å². The van der Waals surface area contributed by atoms with E-state index in [0.717, 1.165) is 44.5 Å². The topological polar surface area (TPSA) is 23.6 Å². The van der Waals surface area contributed by atoms with E-state index in [-0.39, 0.29) is 11.9 Å². The zero-order valence-electron chi connectivity index (χ0n) is 14.4. The maximum Gasteiger partial charge on any atom is 0.270 e. The maximum atomic E-state index is 12.9. The maximum absolute atomic E-state index is 12.9. The van der Waals surface area contributed by atoms with Crippen LogP contribution in [0.3, 0.4) is 0 Å². The van der Waals surface area contributed by atoms with Crippen LogP contribution >= 0.6 is 0 Å². The second kappa shape index (κ2) is 9.88. The quantitative estimate of drug-likeness (QED) is 0.366. The van der Waals surface area contributed by atoms with E-state index in [0.29, 0.717) is 5.92 Å². The van der Waals surface area contributed by atoms with Crippen LogP contribution in [0.15, 0.2) is 62.4 Å². The number of likely N-dealkylation sites (N-methyl/N-ethyl adjacent to an activating group) is 1. The zero-order valence-corrected chi connectivity index (χ0v) is 14.4. The Morgan fingerprint density at radius 1 is 1.26 bits per heavy atom. The predicted octanol–water partition coefficient (Wildman–Crippen LogP) is 3.93. The Labute approximate surface area is 141 Å². The summed E-state index contributed by atoms with van der Waals surface area (Å²) in [6, 6.07) is 0.0134. The molecule has 1 fully saturated rings. The van der Waals surface area contributed by atoms with Crippen LogP contribution in [-0.2, 0) is 4.79 Å². The molecule has 1 amide bonds. The van der Waals surface area contributed by atoms with Crippen molar-refractivity contribution >= 4 is 5.91 Å². The number of carbonyl (C=O) groups is 1. The molecule has 0 saturated carbocycles. The molecule has 1 aliphatic heterocycles. The zero-order chi connectivity index (χ0) is 17.2. The lowest BCUT2D eigenvalue weighted by atomic mass is 9.96. The van der Waals surface area contributed by atoms with Gasteiger partial charge in [-0.25, -0.2) is 0 Å². The Morgan fingerprint density at radius 3 is 2.39 bits per heavy atom. The van der Waals surface area contributed by atoms with E-state index in [2.05, 4.69) is 31.2 Å². The van der Waals surface area contributed by atoms with Gasteiger partial charge in [-0.2, -0.15) is 0 Å². The number of allylic oxidation sites excluding steroid dienone is 4. The summed E-state index contributed by atoms with van der Waals surface area (Å²) in [6.45, 7) is 17.0. The van der Waals surface area contributed by atoms with Crippen molar-refractivity contribution in [3.05, 3.63) is 62.4 Å². The molecule has 1 saturated heterocycles. The van der Waals surface area contributed by atoms with Gasteiger partial charge in [-0.3, -0.25) is 4.79 Å². The molecule has 23 heavy (non-hydrogen) atoms. The lowest BCUT2D eigenvalue weighted by molar-refractivity contribution is -0.129. The Kier molecular flexibility index (Phi) is 8.17. The third-order valence-corrected chi connectivity index (χ3v) is 4.46. The summed E-state index contributed by atoms with van der Waals surface area (Å²) in [4.78, 5) is 16.9. The van der Waals surface area contributed by atoms with Crippen LogP contribution in [0, 0.1) is 5.92 Å². The molecule has 1 rings (SSSR count). The lowest BCUT2D eigenvalue weighted by Gasteiger charge is -2.36. The van der Waals surface area contributed by atoms with Crippen molar-refractivity contribution in [2.24, 2.45) is 5.92 Å². The number of piperidine rings is 1. The molecule has 1 aliphatic rings. The molecule has 0 aromatic carbocycles. The van der Waals surface area contributed by atoms with E-state index < -0.39 is 0 Å². The molecule has 3 nitrogen and oxygen atoms in total. The van der Waals surface area contributed by atoms with Crippen molar-refractivity contribution in [3.8, 4) is 0 Å². The van der Waals surface area contributed by atoms with Crippen molar-refractivity contribution < 1.29 is 4.79 Å². The third-order valence-electron chi connectivity index (χ3n) is 4.46. The van der Waals surface area contributed by atoms with Gasteiger partial charge in [0.25, 0.3) is 5.91 Å². The third kappa shape index (κ3) is 5.27. The van der Waals surface area contributed by atoms with Crippen molar-refractivity contribution in [1.82, 2.24) is 9.80 Å². The molecule has 0 bridgehead atoms. The lowest BCUT2D eigenvalue weighted by Crippen LogP contribution is -2.43. The summed E-state index contributed by atoms with van der Waals surface area (Å²) in [7, 11) is 1.84. The standard InChI is InChI=1S/C20H30N2O/c1-6-10-12-18(9-4)21(5)20(23)19(11-7-2)22-15-13-17(8-3)14-16-22/h6-9,11,17-18H,1-4,10,12-16H2,5H3/b19-11+. The summed E-state index contributed by atoms with van der Waals surface area (Å²) in [6.07, 6.45) is 13.0. The number of rotatable bonds is 9. The van der Waals surface area contributed by atoms with Crippen LogP contribution in [-0.4, -0.2) is 41.9 Å². The first-order valence-corrected chi connectivity index (χ1v) is 8.29. The first-order valence-electron chi connectivity index (χ1n) is 8.29. The number of nitrogens with zero attached hydrogens (tertiary/aromatic N) is 2. The van der Waals surface area contributed by atoms with E-state index >= 15 is 0 Å². The molecule has 3 heteroatoms. The van der Waals surface area contributed by atoms with Gasteiger partial charge >= 0.3 is 0 Å². The first-order chi connectivity index (χ1) is 11.1. The second-order valence-electron chi connectivity index (χ2n) is 5.93. The van der Waals surface area contributed by atoms with E-state index in [1.54, 1.807) is 11.0 Å². The molecule has 0 aliphatic carbocycles. The molecule has 1 atom stereocenters. The summed E-state index contributed by atoms with van der Waals surface area (Å²) in [5.41, 5.74) is 0.718. The Morgan fingerprint density at radius 2 is 1.91 bits per heavy atom. The van der Waals surface area contributed by atoms with Gasteiger partial charge in [0.2, 0.25) is 0 Å². The van der Waals surface area contributed by atoms with Gasteiger partial charge in [-0.15, -0.1) is 19.7 Å². The summed E-state index contributed by atoms with van der Waals surface area (Å²) < 4.78 is 0. The molecule has 0 aromatic rings. The number of carbonyl (C=O) groups excluding carboxylic acids is 1. The van der Waals surface area contributed by atoms with Crippen molar-refractivity contribution in [3.63, 3.8) is 0 Å². The highest BCUT2D eigenvalue weighted by Crippen LogP contribution is 2.23. The van der Waals surface area contributed by atoms with E-state index in [9.17, 15) is 4.79 Å². The molecule has 0 N–H and O–H groups in total. The average molecular weight is 314 g/mol. The highest BCUT2D eigenvalue weighted by Gasteiger charge is 2.26. The van der Waals surface area contributed by atoms with Gasteiger partial charge in [-0.05, 0) is 37.7 Å². The van der Waals surface area contributed by atoms with Crippen molar-refractivity contribution in [1.29, 1.82) is 0 Å². The Hall–Kier alpha value is -2.03.